The third kappa shape index (κ3) is 4.04. The molecule has 1 saturated carbocycles. The van der Waals surface area contributed by atoms with E-state index in [0.29, 0.717) is 17.2 Å². The smallest absolute Gasteiger partial charge is 0.251 e. The first kappa shape index (κ1) is 15.5. The van der Waals surface area contributed by atoms with Crippen molar-refractivity contribution in [1.29, 1.82) is 0 Å². The van der Waals surface area contributed by atoms with Crippen molar-refractivity contribution in [2.75, 3.05) is 11.9 Å². The summed E-state index contributed by atoms with van der Waals surface area (Å²) in [6.07, 6.45) is 0.927. The molecule has 1 aliphatic carbocycles. The molecule has 21 heavy (non-hydrogen) atoms. The second kappa shape index (κ2) is 5.85. The fourth-order valence-corrected chi connectivity index (χ4v) is 2.08. The molecule has 2 unspecified atom stereocenters. The van der Waals surface area contributed by atoms with Gasteiger partial charge < -0.3 is 15.7 Å². The van der Waals surface area contributed by atoms with Crippen LogP contribution in [-0.4, -0.2) is 29.1 Å². The van der Waals surface area contributed by atoms with Gasteiger partial charge in [-0.2, -0.15) is 0 Å². The fourth-order valence-electron chi connectivity index (χ4n) is 2.08. The van der Waals surface area contributed by atoms with E-state index >= 15 is 0 Å². The number of rotatable bonds is 5. The van der Waals surface area contributed by atoms with Crippen LogP contribution in [0.5, 0.6) is 0 Å². The van der Waals surface area contributed by atoms with Gasteiger partial charge in [0.1, 0.15) is 0 Å². The summed E-state index contributed by atoms with van der Waals surface area (Å²) in [5.41, 5.74) is 0.395. The van der Waals surface area contributed by atoms with E-state index in [-0.39, 0.29) is 24.3 Å². The molecule has 1 fully saturated rings. The Kier molecular flexibility index (Phi) is 4.32. The number of hydrogen-bond donors (Lipinski definition) is 3. The molecule has 0 bridgehead atoms. The maximum absolute atomic E-state index is 12.1. The zero-order valence-electron chi connectivity index (χ0n) is 12.6. The van der Waals surface area contributed by atoms with Gasteiger partial charge in [-0.25, -0.2) is 0 Å². The molecule has 5 heteroatoms. The Morgan fingerprint density at radius 3 is 2.62 bits per heavy atom. The van der Waals surface area contributed by atoms with Gasteiger partial charge in [0.15, 0.2) is 0 Å². The minimum absolute atomic E-state index is 0.00995. The number of amides is 2. The van der Waals surface area contributed by atoms with Crippen LogP contribution in [0.2, 0.25) is 0 Å². The number of carbonyl (C=O) groups is 2. The molecule has 2 rings (SSSR count). The molecule has 1 aromatic carbocycles. The molecule has 114 valence electrons. The van der Waals surface area contributed by atoms with Crippen molar-refractivity contribution in [2.24, 2.45) is 11.8 Å². The maximum Gasteiger partial charge on any atom is 0.251 e. The zero-order valence-corrected chi connectivity index (χ0v) is 12.6. The summed E-state index contributed by atoms with van der Waals surface area (Å²) in [4.78, 5) is 24.0. The molecular weight excluding hydrogens is 268 g/mol. The van der Waals surface area contributed by atoms with Gasteiger partial charge in [0, 0.05) is 17.2 Å². The second-order valence-electron chi connectivity index (χ2n) is 6.39. The van der Waals surface area contributed by atoms with Crippen molar-refractivity contribution >= 4 is 17.5 Å². The minimum Gasteiger partial charge on any atom is -0.394 e. The number of benzene rings is 1. The summed E-state index contributed by atoms with van der Waals surface area (Å²) in [5.74, 6) is 0.276. The van der Waals surface area contributed by atoms with Gasteiger partial charge in [0.25, 0.3) is 5.91 Å². The van der Waals surface area contributed by atoms with Gasteiger partial charge in [0.05, 0.1) is 12.1 Å². The van der Waals surface area contributed by atoms with Crippen LogP contribution in [0, 0.1) is 11.8 Å². The summed E-state index contributed by atoms with van der Waals surface area (Å²) in [6, 6.07) is 6.82. The Balaban J connectivity index is 2.03. The highest BCUT2D eigenvalue weighted by Gasteiger charge is 2.39. The van der Waals surface area contributed by atoms with Crippen molar-refractivity contribution in [3.8, 4) is 0 Å². The van der Waals surface area contributed by atoms with E-state index in [1.807, 2.05) is 6.92 Å². The number of nitrogens with one attached hydrogen (secondary N) is 2. The van der Waals surface area contributed by atoms with Crippen LogP contribution in [0.25, 0.3) is 0 Å². The van der Waals surface area contributed by atoms with E-state index < -0.39 is 5.54 Å². The average Bonchev–Trinajstić information content (AvgIpc) is 3.16. The van der Waals surface area contributed by atoms with Gasteiger partial charge in [-0.15, -0.1) is 0 Å². The molecule has 0 radical (unpaired) electrons. The number of carbonyl (C=O) groups excluding carboxylic acids is 2. The highest BCUT2D eigenvalue weighted by atomic mass is 16.3. The van der Waals surface area contributed by atoms with E-state index in [9.17, 15) is 14.7 Å². The van der Waals surface area contributed by atoms with Crippen LogP contribution < -0.4 is 10.6 Å². The van der Waals surface area contributed by atoms with E-state index in [1.54, 1.807) is 38.1 Å². The summed E-state index contributed by atoms with van der Waals surface area (Å²) in [5, 5.41) is 14.8. The van der Waals surface area contributed by atoms with Crippen LogP contribution in [0.15, 0.2) is 24.3 Å². The van der Waals surface area contributed by atoms with Crippen molar-refractivity contribution < 1.29 is 14.7 Å². The van der Waals surface area contributed by atoms with Crippen molar-refractivity contribution in [2.45, 2.75) is 32.7 Å². The summed E-state index contributed by atoms with van der Waals surface area (Å²) in [7, 11) is 0. The lowest BCUT2D eigenvalue weighted by Gasteiger charge is -2.23. The second-order valence-corrected chi connectivity index (χ2v) is 6.39. The molecule has 0 spiro atoms. The normalized spacial score (nSPS) is 20.8. The first-order valence-electron chi connectivity index (χ1n) is 7.17. The topological polar surface area (TPSA) is 78.4 Å². The van der Waals surface area contributed by atoms with Gasteiger partial charge >= 0.3 is 0 Å². The standard InChI is InChI=1S/C16H22N2O3/c1-10-7-13(10)15(21)17-12-6-4-5-11(8-12)14(20)18-16(2,3)9-19/h4-6,8,10,13,19H,7,9H2,1-3H3,(H,17,21)(H,18,20). The van der Waals surface area contributed by atoms with Crippen LogP contribution in [-0.2, 0) is 4.79 Å². The van der Waals surface area contributed by atoms with E-state index in [4.69, 9.17) is 0 Å². The largest absolute Gasteiger partial charge is 0.394 e. The Morgan fingerprint density at radius 1 is 1.38 bits per heavy atom. The van der Waals surface area contributed by atoms with Gasteiger partial charge in [-0.05, 0) is 44.4 Å². The first-order valence-corrected chi connectivity index (χ1v) is 7.17. The SMILES string of the molecule is CC1CC1C(=O)Nc1cccc(C(=O)NC(C)(C)CO)c1. The summed E-state index contributed by atoms with van der Waals surface area (Å²) >= 11 is 0. The number of aliphatic hydroxyl groups excluding tert-OH is 1. The van der Waals surface area contributed by atoms with Crippen LogP contribution in [0.3, 0.4) is 0 Å². The summed E-state index contributed by atoms with van der Waals surface area (Å²) in [6.45, 7) is 5.38. The molecule has 3 N–H and O–H groups in total. The van der Waals surface area contributed by atoms with Crippen molar-refractivity contribution in [1.82, 2.24) is 5.32 Å². The quantitative estimate of drug-likeness (QED) is 0.773. The Labute approximate surface area is 124 Å². The average molecular weight is 290 g/mol. The molecule has 2 atom stereocenters. The lowest BCUT2D eigenvalue weighted by Crippen LogP contribution is -2.46. The third-order valence-corrected chi connectivity index (χ3v) is 3.69. The number of hydrogen-bond acceptors (Lipinski definition) is 3. The molecule has 0 aliphatic heterocycles. The molecule has 5 nitrogen and oxygen atoms in total. The van der Waals surface area contributed by atoms with Crippen LogP contribution in [0.4, 0.5) is 5.69 Å². The molecule has 0 heterocycles. The monoisotopic (exact) mass is 290 g/mol. The Hall–Kier alpha value is -1.88. The number of anilines is 1. The molecular formula is C16H22N2O3. The third-order valence-electron chi connectivity index (χ3n) is 3.69. The highest BCUT2D eigenvalue weighted by Crippen LogP contribution is 2.38. The van der Waals surface area contributed by atoms with Crippen LogP contribution >= 0.6 is 0 Å². The highest BCUT2D eigenvalue weighted by molar-refractivity contribution is 5.98. The predicted octanol–water partition coefficient (Wildman–Crippen LogP) is 1.78. The lowest BCUT2D eigenvalue weighted by molar-refractivity contribution is -0.117. The zero-order chi connectivity index (χ0) is 15.6. The fraction of sp³-hybridized carbons (Fsp3) is 0.500. The maximum atomic E-state index is 12.1. The number of aliphatic hydroxyl groups is 1. The van der Waals surface area contributed by atoms with Gasteiger partial charge in [0.2, 0.25) is 5.91 Å². The molecule has 0 saturated heterocycles. The first-order chi connectivity index (χ1) is 9.82. The minimum atomic E-state index is -0.681. The molecule has 2 amide bonds. The Morgan fingerprint density at radius 2 is 2.05 bits per heavy atom. The molecule has 0 aromatic heterocycles. The van der Waals surface area contributed by atoms with E-state index in [0.717, 1.165) is 6.42 Å². The van der Waals surface area contributed by atoms with Crippen molar-refractivity contribution in [3.05, 3.63) is 29.8 Å². The predicted molar refractivity (Wildman–Crippen MR) is 81.0 cm³/mol. The Bertz CT molecular complexity index is 554. The van der Waals surface area contributed by atoms with Crippen LogP contribution in [0.1, 0.15) is 37.6 Å². The van der Waals surface area contributed by atoms with E-state index in [2.05, 4.69) is 10.6 Å². The summed E-state index contributed by atoms with van der Waals surface area (Å²) < 4.78 is 0. The molecule has 1 aromatic rings. The van der Waals surface area contributed by atoms with Gasteiger partial charge in [-0.1, -0.05) is 13.0 Å². The van der Waals surface area contributed by atoms with Gasteiger partial charge in [-0.3, -0.25) is 9.59 Å². The molecule has 1 aliphatic rings. The van der Waals surface area contributed by atoms with Crippen molar-refractivity contribution in [3.63, 3.8) is 0 Å². The van der Waals surface area contributed by atoms with E-state index in [1.165, 1.54) is 0 Å². The lowest BCUT2D eigenvalue weighted by atomic mass is 10.1.